The molecule has 0 spiro atoms. The molecule has 0 amide bonds. The number of rotatable bonds is 10. The van der Waals surface area contributed by atoms with Crippen molar-refractivity contribution in [3.05, 3.63) is 48.0 Å². The predicted octanol–water partition coefficient (Wildman–Crippen LogP) is 4.42. The minimum atomic E-state index is -4.48. The van der Waals surface area contributed by atoms with Crippen molar-refractivity contribution < 1.29 is 31.1 Å². The van der Waals surface area contributed by atoms with Crippen LogP contribution in [0.2, 0.25) is 0 Å². The molecule has 0 saturated heterocycles. The Morgan fingerprint density at radius 3 is 2.41 bits per heavy atom. The summed E-state index contributed by atoms with van der Waals surface area (Å²) in [6.45, 7) is 0.619. The van der Waals surface area contributed by atoms with Crippen LogP contribution in [0.3, 0.4) is 0 Å². The Balaban J connectivity index is 2.44. The van der Waals surface area contributed by atoms with E-state index in [1.165, 1.54) is 6.07 Å². The number of nitrogens with one attached hydrogen (secondary N) is 1. The topological polar surface area (TPSA) is 90.6 Å². The van der Waals surface area contributed by atoms with Crippen LogP contribution >= 0.6 is 0 Å². The van der Waals surface area contributed by atoms with Crippen LogP contribution in [0.25, 0.3) is 0 Å². The maximum atomic E-state index is 12.3. The molecule has 0 atom stereocenters. The Morgan fingerprint density at radius 2 is 1.83 bits per heavy atom. The van der Waals surface area contributed by atoms with Crippen molar-refractivity contribution in [2.24, 2.45) is 5.14 Å². The first-order valence-electron chi connectivity index (χ1n) is 8.91. The molecule has 0 unspecified atom stereocenters. The first kappa shape index (κ1) is 23.0. The molecule has 3 N–H and O–H groups in total. The lowest BCUT2D eigenvalue weighted by Crippen LogP contribution is -2.18. The van der Waals surface area contributed by atoms with E-state index in [0.29, 0.717) is 18.0 Å². The number of primary sulfonamides is 1. The van der Waals surface area contributed by atoms with E-state index in [2.05, 4.69) is 10.1 Å². The molecule has 0 aliphatic carbocycles. The zero-order valence-electron chi connectivity index (χ0n) is 15.8. The van der Waals surface area contributed by atoms with E-state index < -0.39 is 29.4 Å². The lowest BCUT2D eigenvalue weighted by Gasteiger charge is -2.18. The molecule has 0 saturated carbocycles. The van der Waals surface area contributed by atoms with Crippen LogP contribution in [0.5, 0.6) is 11.5 Å². The molecule has 0 radical (unpaired) electrons. The maximum Gasteiger partial charge on any atom is 0.411 e. The summed E-state index contributed by atoms with van der Waals surface area (Å²) in [6, 6.07) is 11.2. The van der Waals surface area contributed by atoms with Crippen LogP contribution in [-0.2, 0) is 21.4 Å². The van der Waals surface area contributed by atoms with E-state index in [1.807, 2.05) is 6.92 Å². The number of nitrogens with two attached hydrogens (primary N) is 1. The average molecular weight is 432 g/mol. The summed E-state index contributed by atoms with van der Waals surface area (Å²) in [4.78, 5) is -0.339. The van der Waals surface area contributed by atoms with E-state index >= 15 is 0 Å². The Morgan fingerprint density at radius 1 is 1.14 bits per heavy atom. The lowest BCUT2D eigenvalue weighted by atomic mass is 10.2. The molecule has 0 aliphatic rings. The van der Waals surface area contributed by atoms with Gasteiger partial charge in [-0.1, -0.05) is 31.5 Å². The summed E-state index contributed by atoms with van der Waals surface area (Å²) in [7, 11) is -4.23. The van der Waals surface area contributed by atoms with Crippen molar-refractivity contribution in [2.75, 3.05) is 18.5 Å². The van der Waals surface area contributed by atoms with Crippen molar-refractivity contribution in [1.82, 2.24) is 0 Å². The molecule has 2 aromatic rings. The van der Waals surface area contributed by atoms with Crippen LogP contribution in [0.15, 0.2) is 47.4 Å². The number of sulfonamides is 1. The molecule has 2 aromatic carbocycles. The highest BCUT2D eigenvalue weighted by Gasteiger charge is 2.28. The lowest BCUT2D eigenvalue weighted by molar-refractivity contribution is -0.176. The van der Waals surface area contributed by atoms with E-state index in [0.717, 1.165) is 18.9 Å². The number of unbranched alkanes of at least 4 members (excludes halogenated alkanes) is 1. The fraction of sp³-hybridized carbons (Fsp3) is 0.368. The number of halogens is 3. The highest BCUT2D eigenvalue weighted by atomic mass is 32.2. The summed E-state index contributed by atoms with van der Waals surface area (Å²) in [5.41, 5.74) is 0.525. The fourth-order valence-corrected chi connectivity index (χ4v) is 3.21. The molecule has 0 aromatic heterocycles. The Bertz CT molecular complexity index is 904. The molecule has 0 aliphatic heterocycles. The SMILES string of the molecule is CCCCNc1cc(COCC(F)(F)F)cc(S(N)(=O)=O)c1Oc1ccccc1. The monoisotopic (exact) mass is 432 g/mol. The van der Waals surface area contributed by atoms with Gasteiger partial charge >= 0.3 is 6.18 Å². The molecule has 0 heterocycles. The number of ether oxygens (including phenoxy) is 2. The van der Waals surface area contributed by atoms with E-state index in [9.17, 15) is 21.6 Å². The van der Waals surface area contributed by atoms with Crippen molar-refractivity contribution in [3.8, 4) is 11.5 Å². The second-order valence-electron chi connectivity index (χ2n) is 6.32. The van der Waals surface area contributed by atoms with Gasteiger partial charge in [0.2, 0.25) is 10.0 Å². The minimum Gasteiger partial charge on any atom is -0.454 e. The first-order chi connectivity index (χ1) is 13.6. The van der Waals surface area contributed by atoms with Crippen LogP contribution in [0, 0.1) is 0 Å². The third-order valence-electron chi connectivity index (χ3n) is 3.76. The number of alkyl halides is 3. The first-order valence-corrected chi connectivity index (χ1v) is 10.5. The molecular formula is C19H23F3N2O4S. The molecule has 160 valence electrons. The smallest absolute Gasteiger partial charge is 0.411 e. The van der Waals surface area contributed by atoms with Gasteiger partial charge in [-0.3, -0.25) is 0 Å². The summed E-state index contributed by atoms with van der Waals surface area (Å²) >= 11 is 0. The van der Waals surface area contributed by atoms with Gasteiger partial charge in [0.25, 0.3) is 0 Å². The molecule has 0 fully saturated rings. The van der Waals surface area contributed by atoms with Gasteiger partial charge in [-0.15, -0.1) is 0 Å². The van der Waals surface area contributed by atoms with Crippen molar-refractivity contribution >= 4 is 15.7 Å². The maximum absolute atomic E-state index is 12.3. The van der Waals surface area contributed by atoms with Gasteiger partial charge in [0.05, 0.1) is 12.3 Å². The van der Waals surface area contributed by atoms with E-state index in [1.54, 1.807) is 30.3 Å². The van der Waals surface area contributed by atoms with Crippen molar-refractivity contribution in [3.63, 3.8) is 0 Å². The second kappa shape index (κ2) is 9.95. The van der Waals surface area contributed by atoms with Crippen LogP contribution in [0.4, 0.5) is 18.9 Å². The number of benzene rings is 2. The summed E-state index contributed by atoms with van der Waals surface area (Å²) < 4.78 is 71.8. The Labute approximate surface area is 167 Å². The number of anilines is 1. The van der Waals surface area contributed by atoms with Gasteiger partial charge in [0.1, 0.15) is 17.3 Å². The molecule has 10 heteroatoms. The largest absolute Gasteiger partial charge is 0.454 e. The summed E-state index contributed by atoms with van der Waals surface area (Å²) in [5, 5.41) is 8.42. The van der Waals surface area contributed by atoms with E-state index in [-0.39, 0.29) is 16.2 Å². The highest BCUT2D eigenvalue weighted by Crippen LogP contribution is 2.37. The van der Waals surface area contributed by atoms with Crippen molar-refractivity contribution in [1.29, 1.82) is 0 Å². The Kier molecular flexibility index (Phi) is 7.88. The third-order valence-corrected chi connectivity index (χ3v) is 4.68. The Hall–Kier alpha value is -2.30. The second-order valence-corrected chi connectivity index (χ2v) is 7.85. The van der Waals surface area contributed by atoms with Crippen LogP contribution in [0.1, 0.15) is 25.3 Å². The molecule has 6 nitrogen and oxygen atoms in total. The molecular weight excluding hydrogens is 409 g/mol. The van der Waals surface area contributed by atoms with Crippen molar-refractivity contribution in [2.45, 2.75) is 37.4 Å². The van der Waals surface area contributed by atoms with Crippen LogP contribution in [-0.4, -0.2) is 27.7 Å². The quantitative estimate of drug-likeness (QED) is 0.543. The van der Waals surface area contributed by atoms with Gasteiger partial charge < -0.3 is 14.8 Å². The molecule has 0 bridgehead atoms. The molecule has 2 rings (SSSR count). The highest BCUT2D eigenvalue weighted by molar-refractivity contribution is 7.89. The standard InChI is InChI=1S/C19H23F3N2O4S/c1-2-3-9-24-16-10-14(12-27-13-19(20,21)22)11-17(29(23,25)26)18(16)28-15-7-5-4-6-8-15/h4-8,10-11,24H,2-3,9,12-13H2,1H3,(H2,23,25,26). The van der Waals surface area contributed by atoms with Gasteiger partial charge in [-0.05, 0) is 36.2 Å². The predicted molar refractivity (Wildman–Crippen MR) is 103 cm³/mol. The molecule has 29 heavy (non-hydrogen) atoms. The minimum absolute atomic E-state index is 0.0191. The number of hydrogen-bond acceptors (Lipinski definition) is 5. The summed E-state index contributed by atoms with van der Waals surface area (Å²) in [6.07, 6.45) is -2.80. The zero-order chi connectivity index (χ0) is 21.5. The number of hydrogen-bond donors (Lipinski definition) is 2. The van der Waals surface area contributed by atoms with Crippen LogP contribution < -0.4 is 15.2 Å². The average Bonchev–Trinajstić information content (AvgIpc) is 2.62. The van der Waals surface area contributed by atoms with E-state index in [4.69, 9.17) is 9.88 Å². The van der Waals surface area contributed by atoms with Gasteiger partial charge in [-0.25, -0.2) is 13.6 Å². The number of para-hydroxylation sites is 1. The fourth-order valence-electron chi connectivity index (χ4n) is 2.48. The van der Waals surface area contributed by atoms with Gasteiger partial charge in [0, 0.05) is 6.54 Å². The zero-order valence-corrected chi connectivity index (χ0v) is 16.6. The third kappa shape index (κ3) is 7.56. The summed E-state index contributed by atoms with van der Waals surface area (Å²) in [5.74, 6) is 0.367. The van der Waals surface area contributed by atoms with Gasteiger partial charge in [0.15, 0.2) is 5.75 Å². The van der Waals surface area contributed by atoms with Gasteiger partial charge in [-0.2, -0.15) is 13.2 Å². The normalized spacial score (nSPS) is 12.0.